The van der Waals surface area contributed by atoms with E-state index >= 15 is 0 Å². The van der Waals surface area contributed by atoms with Gasteiger partial charge in [-0.3, -0.25) is 0 Å². The van der Waals surface area contributed by atoms with Crippen molar-refractivity contribution >= 4 is 22.9 Å². The third-order valence-corrected chi connectivity index (χ3v) is 4.26. The van der Waals surface area contributed by atoms with E-state index in [1.54, 1.807) is 0 Å². The standard InChI is InChI=1S/C24H18/c1-2-8-19(9-3-1)16-17-20-10-6-13-22(18-20)24-15-7-12-21-11-4-5-14-23(21)24/h1-18H/b17-16+. The summed E-state index contributed by atoms with van der Waals surface area (Å²) < 4.78 is 0. The Morgan fingerprint density at radius 3 is 2.08 bits per heavy atom. The largest absolute Gasteiger partial charge is 0.0622 e. The van der Waals surface area contributed by atoms with E-state index in [1.807, 2.05) is 6.07 Å². The zero-order valence-corrected chi connectivity index (χ0v) is 13.4. The molecule has 0 radical (unpaired) electrons. The van der Waals surface area contributed by atoms with Gasteiger partial charge in [-0.1, -0.05) is 103 Å². The second-order valence-electron chi connectivity index (χ2n) is 5.90. The number of fused-ring (bicyclic) bond motifs is 1. The molecule has 0 aliphatic heterocycles. The summed E-state index contributed by atoms with van der Waals surface area (Å²) in [6.45, 7) is 0. The van der Waals surface area contributed by atoms with Crippen molar-refractivity contribution < 1.29 is 0 Å². The lowest BCUT2D eigenvalue weighted by Gasteiger charge is -2.07. The molecule has 0 aliphatic rings. The monoisotopic (exact) mass is 306 g/mol. The third-order valence-electron chi connectivity index (χ3n) is 4.26. The lowest BCUT2D eigenvalue weighted by atomic mass is 9.97. The summed E-state index contributed by atoms with van der Waals surface area (Å²) in [6.07, 6.45) is 4.33. The van der Waals surface area contributed by atoms with Crippen LogP contribution in [0.4, 0.5) is 0 Å². The van der Waals surface area contributed by atoms with Crippen LogP contribution in [0.2, 0.25) is 0 Å². The van der Waals surface area contributed by atoms with Gasteiger partial charge in [-0.15, -0.1) is 0 Å². The molecule has 0 aliphatic carbocycles. The number of benzene rings is 4. The normalized spacial score (nSPS) is 11.2. The molecule has 4 rings (SSSR count). The summed E-state index contributed by atoms with van der Waals surface area (Å²) >= 11 is 0. The van der Waals surface area contributed by atoms with Gasteiger partial charge in [0.05, 0.1) is 0 Å². The first kappa shape index (κ1) is 14.5. The molecule has 0 heteroatoms. The van der Waals surface area contributed by atoms with Gasteiger partial charge in [0.25, 0.3) is 0 Å². The van der Waals surface area contributed by atoms with E-state index in [0.717, 1.165) is 0 Å². The molecule has 0 spiro atoms. The lowest BCUT2D eigenvalue weighted by molar-refractivity contribution is 1.62. The molecule has 0 bridgehead atoms. The van der Waals surface area contributed by atoms with Gasteiger partial charge in [0.1, 0.15) is 0 Å². The van der Waals surface area contributed by atoms with Crippen LogP contribution in [0.1, 0.15) is 11.1 Å². The van der Waals surface area contributed by atoms with Crippen LogP contribution in [0, 0.1) is 0 Å². The SMILES string of the molecule is C(=C\c1cccc(-c2cccc3ccccc23)c1)/c1ccccc1. The minimum absolute atomic E-state index is 1.21. The molecule has 24 heavy (non-hydrogen) atoms. The van der Waals surface area contributed by atoms with Crippen LogP contribution in [-0.2, 0) is 0 Å². The second-order valence-corrected chi connectivity index (χ2v) is 5.90. The second kappa shape index (κ2) is 6.55. The highest BCUT2D eigenvalue weighted by atomic mass is 14.1. The van der Waals surface area contributed by atoms with Gasteiger partial charge in [-0.05, 0) is 39.1 Å². The van der Waals surface area contributed by atoms with Crippen molar-refractivity contribution in [3.63, 3.8) is 0 Å². The Morgan fingerprint density at radius 2 is 1.17 bits per heavy atom. The molecule has 0 amide bonds. The molecule has 0 fully saturated rings. The number of hydrogen-bond donors (Lipinski definition) is 0. The maximum Gasteiger partial charge on any atom is -0.0105 e. The van der Waals surface area contributed by atoms with Crippen molar-refractivity contribution in [2.24, 2.45) is 0 Å². The molecule has 0 unspecified atom stereocenters. The molecule has 4 aromatic rings. The van der Waals surface area contributed by atoms with Crippen molar-refractivity contribution in [3.05, 3.63) is 108 Å². The topological polar surface area (TPSA) is 0 Å². The highest BCUT2D eigenvalue weighted by Gasteiger charge is 2.03. The highest BCUT2D eigenvalue weighted by Crippen LogP contribution is 2.29. The average Bonchev–Trinajstić information content (AvgIpc) is 2.67. The Labute approximate surface area is 142 Å². The molecule has 0 saturated heterocycles. The maximum atomic E-state index is 2.25. The van der Waals surface area contributed by atoms with E-state index in [0.29, 0.717) is 0 Å². The first-order valence-electron chi connectivity index (χ1n) is 8.21. The van der Waals surface area contributed by atoms with Crippen LogP contribution in [0.3, 0.4) is 0 Å². The Hall–Kier alpha value is -3.12. The molecule has 4 aromatic carbocycles. The van der Waals surface area contributed by atoms with Crippen molar-refractivity contribution in [3.8, 4) is 11.1 Å². The van der Waals surface area contributed by atoms with Crippen molar-refractivity contribution in [1.29, 1.82) is 0 Å². The summed E-state index contributed by atoms with van der Waals surface area (Å²) in [5, 5.41) is 2.57. The smallest absolute Gasteiger partial charge is 0.0105 e. The van der Waals surface area contributed by atoms with E-state index in [9.17, 15) is 0 Å². The molecule has 0 saturated carbocycles. The fraction of sp³-hybridized carbons (Fsp3) is 0. The fourth-order valence-electron chi connectivity index (χ4n) is 3.04. The van der Waals surface area contributed by atoms with Crippen molar-refractivity contribution in [2.75, 3.05) is 0 Å². The molecular weight excluding hydrogens is 288 g/mol. The number of rotatable bonds is 3. The molecule has 0 heterocycles. The van der Waals surface area contributed by atoms with E-state index in [2.05, 4.69) is 103 Å². The van der Waals surface area contributed by atoms with Crippen LogP contribution in [0.5, 0.6) is 0 Å². The van der Waals surface area contributed by atoms with Crippen LogP contribution >= 0.6 is 0 Å². The molecule has 0 atom stereocenters. The highest BCUT2D eigenvalue weighted by molar-refractivity contribution is 5.96. The molecule has 0 N–H and O–H groups in total. The van der Waals surface area contributed by atoms with Gasteiger partial charge in [0.2, 0.25) is 0 Å². The first-order valence-corrected chi connectivity index (χ1v) is 8.21. The molecule has 114 valence electrons. The van der Waals surface area contributed by atoms with E-state index in [1.165, 1.54) is 33.0 Å². The molecular formula is C24H18. The maximum absolute atomic E-state index is 2.25. The van der Waals surface area contributed by atoms with Crippen molar-refractivity contribution in [1.82, 2.24) is 0 Å². The summed E-state index contributed by atoms with van der Waals surface area (Å²) in [4.78, 5) is 0. The van der Waals surface area contributed by atoms with Gasteiger partial charge in [0.15, 0.2) is 0 Å². The van der Waals surface area contributed by atoms with Crippen LogP contribution in [-0.4, -0.2) is 0 Å². The Kier molecular flexibility index (Phi) is 3.95. The summed E-state index contributed by atoms with van der Waals surface area (Å²) in [5.74, 6) is 0. The number of hydrogen-bond acceptors (Lipinski definition) is 0. The fourth-order valence-corrected chi connectivity index (χ4v) is 3.04. The van der Waals surface area contributed by atoms with Crippen LogP contribution < -0.4 is 0 Å². The van der Waals surface area contributed by atoms with Gasteiger partial charge >= 0.3 is 0 Å². The predicted octanol–water partition coefficient (Wildman–Crippen LogP) is 6.68. The summed E-state index contributed by atoms with van der Waals surface area (Å²) in [5.41, 5.74) is 4.96. The van der Waals surface area contributed by atoms with Crippen molar-refractivity contribution in [2.45, 2.75) is 0 Å². The summed E-state index contributed by atoms with van der Waals surface area (Å²) in [7, 11) is 0. The minimum atomic E-state index is 1.21. The Bertz CT molecular complexity index is 989. The van der Waals surface area contributed by atoms with Gasteiger partial charge < -0.3 is 0 Å². The zero-order chi connectivity index (χ0) is 16.2. The Balaban J connectivity index is 1.73. The summed E-state index contributed by atoms with van der Waals surface area (Å²) in [6, 6.07) is 34.1. The van der Waals surface area contributed by atoms with E-state index < -0.39 is 0 Å². The van der Waals surface area contributed by atoms with Gasteiger partial charge in [-0.2, -0.15) is 0 Å². The molecule has 0 nitrogen and oxygen atoms in total. The average molecular weight is 306 g/mol. The molecule has 0 aromatic heterocycles. The first-order chi connectivity index (χ1) is 11.9. The Morgan fingerprint density at radius 1 is 0.500 bits per heavy atom. The zero-order valence-electron chi connectivity index (χ0n) is 13.4. The van der Waals surface area contributed by atoms with E-state index in [4.69, 9.17) is 0 Å². The quantitative estimate of drug-likeness (QED) is 0.370. The van der Waals surface area contributed by atoms with E-state index in [-0.39, 0.29) is 0 Å². The van der Waals surface area contributed by atoms with Crippen LogP contribution in [0.15, 0.2) is 97.1 Å². The minimum Gasteiger partial charge on any atom is -0.0622 e. The third kappa shape index (κ3) is 3.00. The lowest BCUT2D eigenvalue weighted by Crippen LogP contribution is -1.82. The van der Waals surface area contributed by atoms with Crippen LogP contribution in [0.25, 0.3) is 34.1 Å². The van der Waals surface area contributed by atoms with Gasteiger partial charge in [0, 0.05) is 0 Å². The predicted molar refractivity (Wildman–Crippen MR) is 105 cm³/mol. The van der Waals surface area contributed by atoms with Gasteiger partial charge in [-0.25, -0.2) is 0 Å².